The van der Waals surface area contributed by atoms with E-state index in [0.29, 0.717) is 18.3 Å². The van der Waals surface area contributed by atoms with E-state index in [1.165, 1.54) is 0 Å². The molecule has 4 aromatic rings. The highest BCUT2D eigenvalue weighted by Gasteiger charge is 2.21. The standard InChI is InChI=1S/C24H28N8O/c1-17-5-4-6-20(13-17)33-16-23-27-28-24(31(23)3)21-8-7-19(14-25-21)32-15-22(26-29-32)18-9-11-30(2)12-10-18/h4-8,13-15,18H,9-12,16H2,1-3H3. The summed E-state index contributed by atoms with van der Waals surface area (Å²) in [4.78, 5) is 6.96. The molecule has 0 aliphatic carbocycles. The lowest BCUT2D eigenvalue weighted by Crippen LogP contribution is -2.29. The molecule has 33 heavy (non-hydrogen) atoms. The Labute approximate surface area is 193 Å². The Bertz CT molecular complexity index is 1220. The summed E-state index contributed by atoms with van der Waals surface area (Å²) in [5, 5.41) is 17.4. The van der Waals surface area contributed by atoms with Gasteiger partial charge in [0.25, 0.3) is 0 Å². The van der Waals surface area contributed by atoms with Crippen LogP contribution in [-0.4, -0.2) is 59.8 Å². The first-order valence-electron chi connectivity index (χ1n) is 11.2. The van der Waals surface area contributed by atoms with Crippen molar-refractivity contribution in [3.8, 4) is 23.0 Å². The number of rotatable bonds is 6. The lowest BCUT2D eigenvalue weighted by atomic mass is 9.94. The summed E-state index contributed by atoms with van der Waals surface area (Å²) in [5.41, 5.74) is 3.82. The van der Waals surface area contributed by atoms with Crippen LogP contribution >= 0.6 is 0 Å². The highest BCUT2D eigenvalue weighted by atomic mass is 16.5. The van der Waals surface area contributed by atoms with Crippen molar-refractivity contribution in [1.29, 1.82) is 0 Å². The van der Waals surface area contributed by atoms with Crippen LogP contribution in [0, 0.1) is 6.92 Å². The number of piperidine rings is 1. The smallest absolute Gasteiger partial charge is 0.182 e. The van der Waals surface area contributed by atoms with Gasteiger partial charge >= 0.3 is 0 Å². The lowest BCUT2D eigenvalue weighted by Gasteiger charge is -2.27. The maximum absolute atomic E-state index is 5.87. The third-order valence-electron chi connectivity index (χ3n) is 6.21. The molecule has 4 heterocycles. The maximum atomic E-state index is 5.87. The number of pyridine rings is 1. The van der Waals surface area contributed by atoms with Gasteiger partial charge in [-0.15, -0.1) is 15.3 Å². The zero-order chi connectivity index (χ0) is 22.8. The molecule has 0 spiro atoms. The van der Waals surface area contributed by atoms with E-state index >= 15 is 0 Å². The minimum Gasteiger partial charge on any atom is -0.486 e. The van der Waals surface area contributed by atoms with Crippen molar-refractivity contribution in [1.82, 2.24) is 39.6 Å². The van der Waals surface area contributed by atoms with Gasteiger partial charge in [0.05, 0.1) is 23.8 Å². The van der Waals surface area contributed by atoms with Gasteiger partial charge in [0.1, 0.15) is 18.1 Å². The molecule has 5 rings (SSSR count). The summed E-state index contributed by atoms with van der Waals surface area (Å²) in [6, 6.07) is 11.9. The van der Waals surface area contributed by atoms with Crippen LogP contribution in [0.15, 0.2) is 48.8 Å². The number of nitrogens with zero attached hydrogens (tertiary/aromatic N) is 8. The Morgan fingerprint density at radius 2 is 1.88 bits per heavy atom. The summed E-state index contributed by atoms with van der Waals surface area (Å²) >= 11 is 0. The monoisotopic (exact) mass is 444 g/mol. The van der Waals surface area contributed by atoms with E-state index in [2.05, 4.69) is 37.4 Å². The van der Waals surface area contributed by atoms with E-state index in [0.717, 1.165) is 60.1 Å². The van der Waals surface area contributed by atoms with E-state index in [1.807, 2.05) is 61.1 Å². The largest absolute Gasteiger partial charge is 0.486 e. The zero-order valence-corrected chi connectivity index (χ0v) is 19.2. The number of aryl methyl sites for hydroxylation is 1. The molecule has 170 valence electrons. The average molecular weight is 445 g/mol. The van der Waals surface area contributed by atoms with Crippen LogP contribution in [0.5, 0.6) is 5.75 Å². The van der Waals surface area contributed by atoms with Crippen molar-refractivity contribution in [2.24, 2.45) is 7.05 Å². The molecule has 1 aliphatic heterocycles. The molecule has 1 fully saturated rings. The molecule has 0 amide bonds. The Morgan fingerprint density at radius 1 is 1.03 bits per heavy atom. The molecule has 0 bridgehead atoms. The number of hydrogen-bond acceptors (Lipinski definition) is 7. The topological polar surface area (TPSA) is 86.8 Å². The van der Waals surface area contributed by atoms with E-state index < -0.39 is 0 Å². The van der Waals surface area contributed by atoms with Crippen LogP contribution in [0.4, 0.5) is 0 Å². The molecule has 1 aliphatic rings. The van der Waals surface area contributed by atoms with Crippen LogP contribution in [0.25, 0.3) is 17.2 Å². The fourth-order valence-corrected chi connectivity index (χ4v) is 4.11. The van der Waals surface area contributed by atoms with Gasteiger partial charge in [0.15, 0.2) is 11.6 Å². The van der Waals surface area contributed by atoms with E-state index in [9.17, 15) is 0 Å². The summed E-state index contributed by atoms with van der Waals surface area (Å²) in [6.45, 7) is 4.58. The van der Waals surface area contributed by atoms with Crippen molar-refractivity contribution < 1.29 is 4.74 Å². The zero-order valence-electron chi connectivity index (χ0n) is 19.2. The number of aromatic nitrogens is 7. The Hall–Kier alpha value is -3.59. The summed E-state index contributed by atoms with van der Waals surface area (Å²) < 4.78 is 9.58. The number of likely N-dealkylation sites (tertiary alicyclic amines) is 1. The summed E-state index contributed by atoms with van der Waals surface area (Å²) in [5.74, 6) is 2.71. The van der Waals surface area contributed by atoms with E-state index in [-0.39, 0.29) is 0 Å². The second-order valence-electron chi connectivity index (χ2n) is 8.67. The highest BCUT2D eigenvalue weighted by Crippen LogP contribution is 2.26. The van der Waals surface area contributed by atoms with Crippen LogP contribution in [-0.2, 0) is 13.7 Å². The number of ether oxygens (including phenoxy) is 1. The predicted octanol–water partition coefficient (Wildman–Crippen LogP) is 3.15. The van der Waals surface area contributed by atoms with Crippen molar-refractivity contribution in [2.45, 2.75) is 32.3 Å². The van der Waals surface area contributed by atoms with Gasteiger partial charge < -0.3 is 14.2 Å². The first-order chi connectivity index (χ1) is 16.1. The van der Waals surface area contributed by atoms with Crippen LogP contribution < -0.4 is 4.74 Å². The normalized spacial score (nSPS) is 15.1. The van der Waals surface area contributed by atoms with Crippen LogP contribution in [0.2, 0.25) is 0 Å². The lowest BCUT2D eigenvalue weighted by molar-refractivity contribution is 0.253. The fourth-order valence-electron chi connectivity index (χ4n) is 4.11. The van der Waals surface area contributed by atoms with Crippen molar-refractivity contribution in [3.63, 3.8) is 0 Å². The van der Waals surface area contributed by atoms with Gasteiger partial charge in [0, 0.05) is 13.0 Å². The van der Waals surface area contributed by atoms with Gasteiger partial charge in [0.2, 0.25) is 0 Å². The second kappa shape index (κ2) is 9.11. The highest BCUT2D eigenvalue weighted by molar-refractivity contribution is 5.51. The summed E-state index contributed by atoms with van der Waals surface area (Å²) in [6.07, 6.45) is 6.05. The quantitative estimate of drug-likeness (QED) is 0.451. The molecule has 9 nitrogen and oxygen atoms in total. The maximum Gasteiger partial charge on any atom is 0.182 e. The molecule has 1 aromatic carbocycles. The van der Waals surface area contributed by atoms with Crippen molar-refractivity contribution in [3.05, 3.63) is 65.9 Å². The van der Waals surface area contributed by atoms with Gasteiger partial charge in [-0.05, 0) is 69.7 Å². The summed E-state index contributed by atoms with van der Waals surface area (Å²) in [7, 11) is 4.09. The third kappa shape index (κ3) is 4.63. The molecule has 0 saturated carbocycles. The molecule has 1 saturated heterocycles. The van der Waals surface area contributed by atoms with Gasteiger partial charge in [-0.25, -0.2) is 4.68 Å². The fraction of sp³-hybridized carbons (Fsp3) is 0.375. The number of hydrogen-bond donors (Lipinski definition) is 0. The molecular weight excluding hydrogens is 416 g/mol. The van der Waals surface area contributed by atoms with Gasteiger partial charge in [-0.1, -0.05) is 17.3 Å². The van der Waals surface area contributed by atoms with Crippen molar-refractivity contribution in [2.75, 3.05) is 20.1 Å². The average Bonchev–Trinajstić information content (AvgIpc) is 3.46. The van der Waals surface area contributed by atoms with Crippen LogP contribution in [0.1, 0.15) is 35.8 Å². The molecule has 0 unspecified atom stereocenters. The Morgan fingerprint density at radius 3 is 2.64 bits per heavy atom. The molecule has 3 aromatic heterocycles. The van der Waals surface area contributed by atoms with Crippen LogP contribution in [0.3, 0.4) is 0 Å². The third-order valence-corrected chi connectivity index (χ3v) is 6.21. The molecule has 0 radical (unpaired) electrons. The molecule has 9 heteroatoms. The minimum atomic E-state index is 0.337. The minimum absolute atomic E-state index is 0.337. The SMILES string of the molecule is Cc1cccc(OCc2nnc(-c3ccc(-n4cc(C5CCN(C)CC5)nn4)cn3)n2C)c1. The molecule has 0 N–H and O–H groups in total. The first-order valence-corrected chi connectivity index (χ1v) is 11.2. The van der Waals surface area contributed by atoms with Gasteiger partial charge in [-0.2, -0.15) is 0 Å². The Balaban J connectivity index is 1.27. The Kier molecular flexibility index (Phi) is 5.87. The second-order valence-corrected chi connectivity index (χ2v) is 8.67. The van der Waals surface area contributed by atoms with Gasteiger partial charge in [-0.3, -0.25) is 4.98 Å². The molecule has 0 atom stereocenters. The number of benzene rings is 1. The molecular formula is C24H28N8O. The van der Waals surface area contributed by atoms with Crippen molar-refractivity contribution >= 4 is 0 Å². The van der Waals surface area contributed by atoms with E-state index in [4.69, 9.17) is 4.74 Å². The predicted molar refractivity (Wildman–Crippen MR) is 124 cm³/mol. The van der Waals surface area contributed by atoms with E-state index in [1.54, 1.807) is 10.9 Å². The first kappa shape index (κ1) is 21.3.